The maximum atomic E-state index is 13.2. The first-order chi connectivity index (χ1) is 11.3. The van der Waals surface area contributed by atoms with Crippen LogP contribution in [-0.4, -0.2) is 30.6 Å². The summed E-state index contributed by atoms with van der Waals surface area (Å²) < 4.78 is 38.7. The number of hydrogen-bond acceptors (Lipinski definition) is 4. The van der Waals surface area contributed by atoms with E-state index >= 15 is 0 Å². The van der Waals surface area contributed by atoms with E-state index in [0.29, 0.717) is 4.31 Å². The zero-order chi connectivity index (χ0) is 17.5. The lowest BCUT2D eigenvalue weighted by atomic mass is 10.2. The Balaban J connectivity index is 1.89. The zero-order valence-electron chi connectivity index (χ0n) is 12.6. The lowest BCUT2D eigenvalue weighted by Gasteiger charge is -2.22. The Morgan fingerprint density at radius 2 is 1.88 bits per heavy atom. The minimum absolute atomic E-state index is 0.0305. The number of nitrogens with zero attached hydrogens (tertiary/aromatic N) is 1. The van der Waals surface area contributed by atoms with E-state index < -0.39 is 33.7 Å². The fraction of sp³-hybridized carbons (Fsp3) is 0.125. The SMILES string of the molecule is C[C@@H](C(=O)Nc1cccc(F)c1)N1C(=O)c2ccccc2S1(=O)=O. The largest absolute Gasteiger partial charge is 0.324 e. The molecule has 0 radical (unpaired) electrons. The summed E-state index contributed by atoms with van der Waals surface area (Å²) in [6.45, 7) is 1.30. The van der Waals surface area contributed by atoms with Crippen molar-refractivity contribution in [1.82, 2.24) is 4.31 Å². The lowest BCUT2D eigenvalue weighted by molar-refractivity contribution is -0.118. The van der Waals surface area contributed by atoms with Gasteiger partial charge in [0.15, 0.2) is 0 Å². The highest BCUT2D eigenvalue weighted by Gasteiger charge is 2.45. The van der Waals surface area contributed by atoms with E-state index in [9.17, 15) is 22.4 Å². The molecule has 1 heterocycles. The molecule has 0 saturated heterocycles. The molecule has 2 aromatic rings. The maximum Gasteiger partial charge on any atom is 0.269 e. The van der Waals surface area contributed by atoms with Crippen LogP contribution in [0.5, 0.6) is 0 Å². The van der Waals surface area contributed by atoms with Crippen molar-refractivity contribution < 1.29 is 22.4 Å². The van der Waals surface area contributed by atoms with Crippen LogP contribution in [0.15, 0.2) is 53.4 Å². The molecule has 2 amide bonds. The summed E-state index contributed by atoms with van der Waals surface area (Å²) >= 11 is 0. The van der Waals surface area contributed by atoms with Crippen LogP contribution in [0.25, 0.3) is 0 Å². The summed E-state index contributed by atoms with van der Waals surface area (Å²) in [6.07, 6.45) is 0. The minimum atomic E-state index is -4.09. The normalized spacial score (nSPS) is 16.6. The van der Waals surface area contributed by atoms with Crippen molar-refractivity contribution in [2.45, 2.75) is 17.9 Å². The van der Waals surface area contributed by atoms with Crippen molar-refractivity contribution in [2.75, 3.05) is 5.32 Å². The molecule has 8 heteroatoms. The van der Waals surface area contributed by atoms with Gasteiger partial charge in [0.2, 0.25) is 5.91 Å². The predicted molar refractivity (Wildman–Crippen MR) is 84.3 cm³/mol. The van der Waals surface area contributed by atoms with E-state index in [4.69, 9.17) is 0 Å². The number of benzene rings is 2. The van der Waals surface area contributed by atoms with Crippen molar-refractivity contribution in [3.05, 3.63) is 59.9 Å². The molecule has 6 nitrogen and oxygen atoms in total. The number of amides is 2. The summed E-state index contributed by atoms with van der Waals surface area (Å²) in [7, 11) is -4.09. The number of hydrogen-bond donors (Lipinski definition) is 1. The molecular formula is C16H13FN2O4S. The van der Waals surface area contributed by atoms with E-state index in [1.54, 1.807) is 6.07 Å². The summed E-state index contributed by atoms with van der Waals surface area (Å²) in [5.41, 5.74) is 0.205. The topological polar surface area (TPSA) is 83.6 Å². The van der Waals surface area contributed by atoms with Gasteiger partial charge in [0.1, 0.15) is 16.8 Å². The third kappa shape index (κ3) is 2.54. The number of carbonyl (C=O) groups is 2. The second kappa shape index (κ2) is 5.72. The molecule has 0 spiro atoms. The van der Waals surface area contributed by atoms with Crippen LogP contribution in [-0.2, 0) is 14.8 Å². The minimum Gasteiger partial charge on any atom is -0.324 e. The molecule has 124 valence electrons. The first kappa shape index (κ1) is 16.1. The monoisotopic (exact) mass is 348 g/mol. The quantitative estimate of drug-likeness (QED) is 0.919. The van der Waals surface area contributed by atoms with Crippen molar-refractivity contribution >= 4 is 27.5 Å². The molecule has 0 aliphatic carbocycles. The van der Waals surface area contributed by atoms with Gasteiger partial charge in [-0.05, 0) is 37.3 Å². The van der Waals surface area contributed by atoms with Crippen LogP contribution < -0.4 is 5.32 Å². The molecular weight excluding hydrogens is 335 g/mol. The summed E-state index contributed by atoms with van der Waals surface area (Å²) in [6, 6.07) is 9.66. The standard InChI is InChI=1S/C16H13FN2O4S/c1-10(15(20)18-12-6-4-5-11(17)9-12)19-16(21)13-7-2-3-8-14(13)24(19,22)23/h2-10H,1H3,(H,18,20)/t10-/m0/s1. The van der Waals surface area contributed by atoms with E-state index in [1.165, 1.54) is 43.3 Å². The molecule has 1 aliphatic rings. The van der Waals surface area contributed by atoms with Crippen molar-refractivity contribution in [2.24, 2.45) is 0 Å². The molecule has 1 atom stereocenters. The van der Waals surface area contributed by atoms with Gasteiger partial charge in [-0.15, -0.1) is 0 Å². The molecule has 24 heavy (non-hydrogen) atoms. The van der Waals surface area contributed by atoms with E-state index in [-0.39, 0.29) is 16.1 Å². The molecule has 0 bridgehead atoms. The highest BCUT2D eigenvalue weighted by Crippen LogP contribution is 2.31. The Morgan fingerprint density at radius 1 is 1.17 bits per heavy atom. The number of fused-ring (bicyclic) bond motifs is 1. The number of nitrogens with one attached hydrogen (secondary N) is 1. The van der Waals surface area contributed by atoms with Gasteiger partial charge in [0.05, 0.1) is 5.56 Å². The van der Waals surface area contributed by atoms with Gasteiger partial charge in [-0.25, -0.2) is 17.1 Å². The molecule has 3 rings (SSSR count). The van der Waals surface area contributed by atoms with Gasteiger partial charge >= 0.3 is 0 Å². The van der Waals surface area contributed by atoms with Crippen LogP contribution in [0, 0.1) is 5.82 Å². The molecule has 0 aromatic heterocycles. The van der Waals surface area contributed by atoms with Gasteiger partial charge in [-0.3, -0.25) is 9.59 Å². The smallest absolute Gasteiger partial charge is 0.269 e. The highest BCUT2D eigenvalue weighted by atomic mass is 32.2. The van der Waals surface area contributed by atoms with Crippen molar-refractivity contribution in [3.8, 4) is 0 Å². The Hall–Kier alpha value is -2.74. The van der Waals surface area contributed by atoms with Crippen LogP contribution >= 0.6 is 0 Å². The van der Waals surface area contributed by atoms with Gasteiger partial charge in [0, 0.05) is 5.69 Å². The van der Waals surface area contributed by atoms with E-state index in [2.05, 4.69) is 5.32 Å². The van der Waals surface area contributed by atoms with Crippen molar-refractivity contribution in [3.63, 3.8) is 0 Å². The summed E-state index contributed by atoms with van der Waals surface area (Å²) in [4.78, 5) is 24.6. The average molecular weight is 348 g/mol. The van der Waals surface area contributed by atoms with E-state index in [1.807, 2.05) is 0 Å². The molecule has 0 unspecified atom stereocenters. The van der Waals surface area contributed by atoms with Gasteiger partial charge in [-0.2, -0.15) is 0 Å². The molecule has 1 aliphatic heterocycles. The van der Waals surface area contributed by atoms with Crippen molar-refractivity contribution in [1.29, 1.82) is 0 Å². The first-order valence-corrected chi connectivity index (χ1v) is 8.50. The molecule has 1 N–H and O–H groups in total. The maximum absolute atomic E-state index is 13.2. The molecule has 2 aromatic carbocycles. The Bertz CT molecular complexity index is 943. The number of anilines is 1. The van der Waals surface area contributed by atoms with E-state index in [0.717, 1.165) is 6.07 Å². The van der Waals surface area contributed by atoms with Gasteiger partial charge in [-0.1, -0.05) is 18.2 Å². The first-order valence-electron chi connectivity index (χ1n) is 7.06. The third-order valence-corrected chi connectivity index (χ3v) is 5.59. The zero-order valence-corrected chi connectivity index (χ0v) is 13.4. The van der Waals surface area contributed by atoms with Crippen LogP contribution in [0.1, 0.15) is 17.3 Å². The Kier molecular flexibility index (Phi) is 3.84. The number of halogens is 1. The average Bonchev–Trinajstić information content (AvgIpc) is 2.74. The second-order valence-corrected chi connectivity index (χ2v) is 7.06. The Labute approximate surface area is 138 Å². The van der Waals surface area contributed by atoms with Crippen LogP contribution in [0.4, 0.5) is 10.1 Å². The fourth-order valence-corrected chi connectivity index (χ4v) is 4.23. The predicted octanol–water partition coefficient (Wildman–Crippen LogP) is 2.00. The number of carbonyl (C=O) groups excluding carboxylic acids is 2. The second-order valence-electron chi connectivity index (χ2n) is 5.28. The Morgan fingerprint density at radius 3 is 2.54 bits per heavy atom. The fourth-order valence-electron chi connectivity index (χ4n) is 2.51. The molecule has 0 fully saturated rings. The number of sulfonamides is 1. The third-order valence-electron chi connectivity index (χ3n) is 3.68. The summed E-state index contributed by atoms with van der Waals surface area (Å²) in [5, 5.41) is 2.41. The summed E-state index contributed by atoms with van der Waals surface area (Å²) in [5.74, 6) is -2.03. The van der Waals surface area contributed by atoms with Crippen LogP contribution in [0.2, 0.25) is 0 Å². The highest BCUT2D eigenvalue weighted by molar-refractivity contribution is 7.90. The van der Waals surface area contributed by atoms with Gasteiger partial charge < -0.3 is 5.32 Å². The van der Waals surface area contributed by atoms with Gasteiger partial charge in [0.25, 0.3) is 15.9 Å². The van der Waals surface area contributed by atoms with Crippen LogP contribution in [0.3, 0.4) is 0 Å². The number of rotatable bonds is 3. The lowest BCUT2D eigenvalue weighted by Crippen LogP contribution is -2.45. The molecule has 0 saturated carbocycles.